The third-order valence-electron chi connectivity index (χ3n) is 2.40. The zero-order valence-electron chi connectivity index (χ0n) is 11.2. The molecule has 1 aromatic rings. The lowest BCUT2D eigenvalue weighted by molar-refractivity contribution is 0.651. The van der Waals surface area contributed by atoms with Crippen LogP contribution in [0.1, 0.15) is 51.7 Å². The van der Waals surface area contributed by atoms with Crippen molar-refractivity contribution in [3.63, 3.8) is 0 Å². The summed E-state index contributed by atoms with van der Waals surface area (Å²) in [4.78, 5) is 0. The molecule has 2 nitrogen and oxygen atoms in total. The van der Waals surface area contributed by atoms with Gasteiger partial charge in [0.1, 0.15) is 11.0 Å². The first-order valence-corrected chi connectivity index (χ1v) is 6.97. The Bertz CT molecular complexity index is 430. The first kappa shape index (κ1) is 14.1. The van der Waals surface area contributed by atoms with E-state index in [9.17, 15) is 4.21 Å². The average Bonchev–Trinajstić information content (AvgIpc) is 2.25. The van der Waals surface area contributed by atoms with Crippen LogP contribution in [0, 0.1) is 0 Å². The number of nitrogens with zero attached hydrogens (tertiary/aromatic N) is 1. The normalized spacial score (nSPS) is 14.5. The molecule has 0 unspecified atom stereocenters. The summed E-state index contributed by atoms with van der Waals surface area (Å²) >= 11 is 0. The lowest BCUT2D eigenvalue weighted by Gasteiger charge is -2.12. The molecule has 0 amide bonds. The van der Waals surface area contributed by atoms with Gasteiger partial charge in [-0.15, -0.1) is 0 Å². The topological polar surface area (TPSA) is 29.4 Å². The van der Waals surface area contributed by atoms with Gasteiger partial charge in [0.25, 0.3) is 0 Å². The van der Waals surface area contributed by atoms with Crippen LogP contribution in [-0.2, 0) is 11.0 Å². The predicted molar refractivity (Wildman–Crippen MR) is 76.0 cm³/mol. The van der Waals surface area contributed by atoms with E-state index in [2.05, 4.69) is 30.4 Å². The van der Waals surface area contributed by atoms with Crippen molar-refractivity contribution in [2.75, 3.05) is 0 Å². The van der Waals surface area contributed by atoms with Crippen LogP contribution in [0.2, 0.25) is 0 Å². The van der Waals surface area contributed by atoms with E-state index in [-0.39, 0.29) is 4.75 Å². The van der Waals surface area contributed by atoms with Crippen LogP contribution in [0.3, 0.4) is 0 Å². The summed E-state index contributed by atoms with van der Waals surface area (Å²) < 4.78 is 15.6. The highest BCUT2D eigenvalue weighted by Gasteiger charge is 2.18. The first-order chi connectivity index (χ1) is 7.80. The van der Waals surface area contributed by atoms with E-state index in [0.717, 1.165) is 5.56 Å². The Morgan fingerprint density at radius 2 is 1.94 bits per heavy atom. The Balaban J connectivity index is 2.85. The molecular formula is C14H21NOS. The van der Waals surface area contributed by atoms with Gasteiger partial charge < -0.3 is 0 Å². The SMILES string of the molecule is CC(C)c1cccc(C=N[S@](=O)C(C)(C)C)c1. The Labute approximate surface area is 107 Å². The molecule has 0 heterocycles. The second-order valence-corrected chi connectivity index (χ2v) is 7.35. The van der Waals surface area contributed by atoms with Crippen molar-refractivity contribution in [2.45, 2.75) is 45.3 Å². The van der Waals surface area contributed by atoms with Crippen LogP contribution in [0.5, 0.6) is 0 Å². The van der Waals surface area contributed by atoms with Gasteiger partial charge in [0.2, 0.25) is 0 Å². The molecule has 0 N–H and O–H groups in total. The zero-order valence-corrected chi connectivity index (χ0v) is 12.0. The zero-order chi connectivity index (χ0) is 13.1. The molecule has 0 saturated carbocycles. The largest absolute Gasteiger partial charge is 0.234 e. The Hall–Kier alpha value is -0.960. The number of hydrogen-bond acceptors (Lipinski definition) is 1. The van der Waals surface area contributed by atoms with Crippen molar-refractivity contribution in [1.29, 1.82) is 0 Å². The highest BCUT2D eigenvalue weighted by molar-refractivity contribution is 7.85. The maximum Gasteiger partial charge on any atom is 0.144 e. The Morgan fingerprint density at radius 3 is 2.47 bits per heavy atom. The molecule has 0 bridgehead atoms. The summed E-state index contributed by atoms with van der Waals surface area (Å²) in [5.41, 5.74) is 2.28. The minimum atomic E-state index is -1.19. The summed E-state index contributed by atoms with van der Waals surface area (Å²) in [5.74, 6) is 0.497. The molecule has 1 atom stereocenters. The molecule has 1 rings (SSSR count). The molecule has 0 aromatic heterocycles. The van der Waals surface area contributed by atoms with Crippen LogP contribution < -0.4 is 0 Å². The van der Waals surface area contributed by atoms with Crippen LogP contribution in [0.15, 0.2) is 28.7 Å². The second-order valence-electron chi connectivity index (χ2n) is 5.42. The van der Waals surface area contributed by atoms with Crippen LogP contribution >= 0.6 is 0 Å². The van der Waals surface area contributed by atoms with Crippen molar-refractivity contribution in [1.82, 2.24) is 0 Å². The standard InChI is InChI=1S/C14H21NOS/c1-11(2)13-8-6-7-12(9-13)10-15-17(16)14(3,4)5/h6-11H,1-5H3/t17-/m1/s1. The van der Waals surface area contributed by atoms with Gasteiger partial charge in [0, 0.05) is 6.21 Å². The smallest absolute Gasteiger partial charge is 0.144 e. The monoisotopic (exact) mass is 251 g/mol. The highest BCUT2D eigenvalue weighted by atomic mass is 32.2. The second kappa shape index (κ2) is 5.58. The van der Waals surface area contributed by atoms with Crippen molar-refractivity contribution < 1.29 is 4.21 Å². The van der Waals surface area contributed by atoms with Crippen LogP contribution in [0.25, 0.3) is 0 Å². The summed E-state index contributed by atoms with van der Waals surface area (Å²) in [5, 5.41) is 0. The molecule has 0 aliphatic carbocycles. The fraction of sp³-hybridized carbons (Fsp3) is 0.500. The van der Waals surface area contributed by atoms with Gasteiger partial charge in [0.05, 0.1) is 4.75 Å². The van der Waals surface area contributed by atoms with Gasteiger partial charge in [-0.3, -0.25) is 0 Å². The highest BCUT2D eigenvalue weighted by Crippen LogP contribution is 2.16. The van der Waals surface area contributed by atoms with Gasteiger partial charge in [-0.2, -0.15) is 4.40 Å². The molecule has 94 valence electrons. The Kier molecular flexibility index (Phi) is 4.63. The van der Waals surface area contributed by atoms with Gasteiger partial charge in [-0.05, 0) is 43.9 Å². The van der Waals surface area contributed by atoms with E-state index in [0.29, 0.717) is 5.92 Å². The number of benzene rings is 1. The van der Waals surface area contributed by atoms with E-state index in [4.69, 9.17) is 0 Å². The van der Waals surface area contributed by atoms with E-state index in [1.165, 1.54) is 5.56 Å². The summed E-state index contributed by atoms with van der Waals surface area (Å²) in [6.07, 6.45) is 1.70. The summed E-state index contributed by atoms with van der Waals surface area (Å²) in [6, 6.07) is 8.18. The lowest BCUT2D eigenvalue weighted by atomic mass is 10.0. The number of hydrogen-bond donors (Lipinski definition) is 0. The maximum atomic E-state index is 11.8. The van der Waals surface area contributed by atoms with E-state index < -0.39 is 11.0 Å². The fourth-order valence-electron chi connectivity index (χ4n) is 1.27. The quantitative estimate of drug-likeness (QED) is 0.753. The van der Waals surface area contributed by atoms with Gasteiger partial charge >= 0.3 is 0 Å². The molecule has 0 fully saturated rings. The molecular weight excluding hydrogens is 230 g/mol. The predicted octanol–water partition coefficient (Wildman–Crippen LogP) is 3.69. The molecule has 0 aliphatic rings. The van der Waals surface area contributed by atoms with Crippen LogP contribution in [-0.4, -0.2) is 15.2 Å². The van der Waals surface area contributed by atoms with Gasteiger partial charge in [-0.1, -0.05) is 32.0 Å². The van der Waals surface area contributed by atoms with Gasteiger partial charge in [-0.25, -0.2) is 4.21 Å². The molecule has 1 aromatic carbocycles. The van der Waals surface area contributed by atoms with Crippen molar-refractivity contribution in [3.05, 3.63) is 35.4 Å². The molecule has 0 radical (unpaired) electrons. The van der Waals surface area contributed by atoms with E-state index in [1.807, 2.05) is 32.9 Å². The molecule has 0 saturated heterocycles. The lowest BCUT2D eigenvalue weighted by Crippen LogP contribution is -2.19. The fourth-order valence-corrected chi connectivity index (χ4v) is 1.80. The first-order valence-electron chi connectivity index (χ1n) is 5.86. The van der Waals surface area contributed by atoms with Gasteiger partial charge in [0.15, 0.2) is 0 Å². The summed E-state index contributed by atoms with van der Waals surface area (Å²) in [6.45, 7) is 10.1. The average molecular weight is 251 g/mol. The van der Waals surface area contributed by atoms with E-state index >= 15 is 0 Å². The molecule has 3 heteroatoms. The minimum absolute atomic E-state index is 0.299. The van der Waals surface area contributed by atoms with E-state index in [1.54, 1.807) is 6.21 Å². The van der Waals surface area contributed by atoms with Crippen LogP contribution in [0.4, 0.5) is 0 Å². The third-order valence-corrected chi connectivity index (χ3v) is 3.74. The van der Waals surface area contributed by atoms with Crippen molar-refractivity contribution in [2.24, 2.45) is 4.40 Å². The van der Waals surface area contributed by atoms with Crippen molar-refractivity contribution >= 4 is 17.2 Å². The molecule has 0 aliphatic heterocycles. The maximum absolute atomic E-state index is 11.8. The summed E-state index contributed by atoms with van der Waals surface area (Å²) in [7, 11) is -1.19. The molecule has 0 spiro atoms. The minimum Gasteiger partial charge on any atom is -0.234 e. The third kappa shape index (κ3) is 4.43. The van der Waals surface area contributed by atoms with Crippen molar-refractivity contribution in [3.8, 4) is 0 Å². The Morgan fingerprint density at radius 1 is 1.29 bits per heavy atom. The number of rotatable bonds is 3. The molecule has 17 heavy (non-hydrogen) atoms.